The Bertz CT molecular complexity index is 1260. The first-order chi connectivity index (χ1) is 16.7. The van der Waals surface area contributed by atoms with Crippen LogP contribution in [-0.2, 0) is 12.0 Å². The van der Waals surface area contributed by atoms with Crippen LogP contribution in [0.3, 0.4) is 0 Å². The summed E-state index contributed by atoms with van der Waals surface area (Å²) in [6.45, 7) is 12.2. The monoisotopic (exact) mass is 487 g/mol. The van der Waals surface area contributed by atoms with Crippen LogP contribution in [0, 0.1) is 27.7 Å². The molecule has 2 aliphatic rings. The summed E-state index contributed by atoms with van der Waals surface area (Å²) in [5.74, 6) is 0. The van der Waals surface area contributed by atoms with Gasteiger partial charge in [-0.05, 0) is 88.5 Å². The van der Waals surface area contributed by atoms with E-state index in [0.717, 1.165) is 49.4 Å². The van der Waals surface area contributed by atoms with Crippen molar-refractivity contribution in [1.82, 2.24) is 4.90 Å². The average Bonchev–Trinajstić information content (AvgIpc) is 3.11. The largest absolute Gasteiger partial charge is 0.326 e. The fourth-order valence-electron chi connectivity index (χ4n) is 5.87. The van der Waals surface area contributed by atoms with Gasteiger partial charge in [-0.3, -0.25) is 9.80 Å². The Labute approximate surface area is 213 Å². The third-order valence-electron chi connectivity index (χ3n) is 7.73. The molecule has 1 spiro atoms. The summed E-state index contributed by atoms with van der Waals surface area (Å²) in [7, 11) is 0. The van der Waals surface area contributed by atoms with Crippen molar-refractivity contribution in [2.24, 2.45) is 0 Å². The molecule has 1 N–H and O–H groups in total. The highest BCUT2D eigenvalue weighted by atomic mass is 35.5. The van der Waals surface area contributed by atoms with E-state index in [4.69, 9.17) is 11.6 Å². The SMILES string of the molecule is Cc1cc(C)cc(CN2CCC3(CC2)CN(C(=O)Nc2cccc(Cl)c2C)c2ccc(C)cc23)c1. The van der Waals surface area contributed by atoms with Gasteiger partial charge in [0.1, 0.15) is 0 Å². The minimum absolute atomic E-state index is 0.00108. The second kappa shape index (κ2) is 9.33. The van der Waals surface area contributed by atoms with Gasteiger partial charge < -0.3 is 5.32 Å². The van der Waals surface area contributed by atoms with Crippen molar-refractivity contribution in [1.29, 1.82) is 0 Å². The van der Waals surface area contributed by atoms with E-state index in [1.165, 1.54) is 27.8 Å². The fourth-order valence-corrected chi connectivity index (χ4v) is 6.05. The molecule has 182 valence electrons. The van der Waals surface area contributed by atoms with E-state index in [9.17, 15) is 4.79 Å². The van der Waals surface area contributed by atoms with E-state index in [2.05, 4.69) is 67.4 Å². The molecule has 0 unspecified atom stereocenters. The Balaban J connectivity index is 1.35. The minimum Gasteiger partial charge on any atom is -0.307 e. The number of benzene rings is 3. The molecule has 1 saturated heterocycles. The number of amides is 2. The number of likely N-dealkylation sites (tertiary alicyclic amines) is 1. The Morgan fingerprint density at radius 2 is 1.66 bits per heavy atom. The molecule has 4 nitrogen and oxygen atoms in total. The highest BCUT2D eigenvalue weighted by Crippen LogP contribution is 2.47. The van der Waals surface area contributed by atoms with Crippen molar-refractivity contribution in [2.75, 3.05) is 29.9 Å². The van der Waals surface area contributed by atoms with E-state index in [1.807, 2.05) is 30.0 Å². The number of nitrogens with one attached hydrogen (secondary N) is 1. The standard InChI is InChI=1S/C30H34ClN3O/c1-20-8-9-28-25(17-20)30(19-34(28)29(35)32-27-7-5-6-26(31)23(27)4)10-12-33(13-11-30)18-24-15-21(2)14-22(3)16-24/h5-9,14-17H,10-13,18-19H2,1-4H3,(H,32,35). The Kier molecular flexibility index (Phi) is 6.37. The van der Waals surface area contributed by atoms with Crippen molar-refractivity contribution in [3.05, 3.63) is 93.0 Å². The molecule has 3 aromatic carbocycles. The quantitative estimate of drug-likeness (QED) is 0.425. The van der Waals surface area contributed by atoms with E-state index in [-0.39, 0.29) is 11.4 Å². The highest BCUT2D eigenvalue weighted by Gasteiger charge is 2.46. The second-order valence-corrected chi connectivity index (χ2v) is 10.9. The summed E-state index contributed by atoms with van der Waals surface area (Å²) < 4.78 is 0. The Morgan fingerprint density at radius 3 is 2.37 bits per heavy atom. The van der Waals surface area contributed by atoms with Crippen LogP contribution in [0.4, 0.5) is 16.2 Å². The summed E-state index contributed by atoms with van der Waals surface area (Å²) in [6, 6.07) is 18.9. The zero-order valence-corrected chi connectivity index (χ0v) is 21.9. The summed E-state index contributed by atoms with van der Waals surface area (Å²) in [5, 5.41) is 3.77. The lowest BCUT2D eigenvalue weighted by molar-refractivity contribution is 0.160. The number of piperidine rings is 1. The molecule has 5 heteroatoms. The lowest BCUT2D eigenvalue weighted by Crippen LogP contribution is -2.46. The molecular weight excluding hydrogens is 454 g/mol. The first-order valence-corrected chi connectivity index (χ1v) is 12.9. The molecular formula is C30H34ClN3O. The van der Waals surface area contributed by atoms with Gasteiger partial charge in [0.25, 0.3) is 0 Å². The van der Waals surface area contributed by atoms with E-state index in [0.29, 0.717) is 11.6 Å². The van der Waals surface area contributed by atoms with Crippen LogP contribution in [0.5, 0.6) is 0 Å². The molecule has 0 atom stereocenters. The molecule has 0 bridgehead atoms. The smallest absolute Gasteiger partial charge is 0.307 e. The van der Waals surface area contributed by atoms with E-state index in [1.54, 1.807) is 0 Å². The normalized spacial score (nSPS) is 17.0. The summed E-state index contributed by atoms with van der Waals surface area (Å²) in [6.07, 6.45) is 2.10. The number of rotatable bonds is 3. The van der Waals surface area contributed by atoms with Gasteiger partial charge in [0, 0.05) is 34.9 Å². The first kappa shape index (κ1) is 23.9. The molecule has 0 saturated carbocycles. The molecule has 2 amide bonds. The van der Waals surface area contributed by atoms with Crippen LogP contribution in [-0.4, -0.2) is 30.6 Å². The number of aryl methyl sites for hydroxylation is 3. The van der Waals surface area contributed by atoms with Crippen LogP contribution in [0.2, 0.25) is 5.02 Å². The second-order valence-electron chi connectivity index (χ2n) is 10.5. The van der Waals surface area contributed by atoms with Crippen LogP contribution >= 0.6 is 11.6 Å². The summed E-state index contributed by atoms with van der Waals surface area (Å²) in [4.78, 5) is 18.0. The average molecular weight is 488 g/mol. The number of hydrogen-bond acceptors (Lipinski definition) is 2. The highest BCUT2D eigenvalue weighted by molar-refractivity contribution is 6.31. The topological polar surface area (TPSA) is 35.6 Å². The van der Waals surface area contributed by atoms with E-state index < -0.39 is 0 Å². The molecule has 1 fully saturated rings. The van der Waals surface area contributed by atoms with Gasteiger partial charge in [0.2, 0.25) is 0 Å². The first-order valence-electron chi connectivity index (χ1n) is 12.5. The van der Waals surface area contributed by atoms with Crippen molar-refractivity contribution < 1.29 is 4.79 Å². The van der Waals surface area contributed by atoms with Gasteiger partial charge in [0.15, 0.2) is 0 Å². The van der Waals surface area contributed by atoms with Crippen molar-refractivity contribution >= 4 is 29.0 Å². The van der Waals surface area contributed by atoms with Crippen molar-refractivity contribution in [3.63, 3.8) is 0 Å². The number of urea groups is 1. The lowest BCUT2D eigenvalue weighted by Gasteiger charge is -2.40. The van der Waals surface area contributed by atoms with Gasteiger partial charge >= 0.3 is 6.03 Å². The fraction of sp³-hybridized carbons (Fsp3) is 0.367. The number of anilines is 2. The molecule has 35 heavy (non-hydrogen) atoms. The van der Waals surface area contributed by atoms with Crippen molar-refractivity contribution in [2.45, 2.75) is 52.5 Å². The van der Waals surface area contributed by atoms with Gasteiger partial charge in [-0.15, -0.1) is 0 Å². The molecule has 2 heterocycles. The predicted octanol–water partition coefficient (Wildman–Crippen LogP) is 7.16. The number of halogens is 1. The number of fused-ring (bicyclic) bond motifs is 2. The van der Waals surface area contributed by atoms with Crippen LogP contribution in [0.25, 0.3) is 0 Å². The summed E-state index contributed by atoms with van der Waals surface area (Å²) >= 11 is 6.29. The third kappa shape index (κ3) is 4.70. The molecule has 5 rings (SSSR count). The van der Waals surface area contributed by atoms with Gasteiger partial charge in [0.05, 0.1) is 0 Å². The molecule has 0 aromatic heterocycles. The number of hydrogen-bond donors (Lipinski definition) is 1. The van der Waals surface area contributed by atoms with Crippen LogP contribution in [0.15, 0.2) is 54.6 Å². The zero-order chi connectivity index (χ0) is 24.7. The molecule has 0 radical (unpaired) electrons. The molecule has 2 aliphatic heterocycles. The Hall–Kier alpha value is -2.82. The summed E-state index contributed by atoms with van der Waals surface area (Å²) in [5.41, 5.74) is 9.29. The maximum atomic E-state index is 13.5. The number of carbonyl (C=O) groups excluding carboxylic acids is 1. The van der Waals surface area contributed by atoms with Crippen molar-refractivity contribution in [3.8, 4) is 0 Å². The number of nitrogens with zero attached hydrogens (tertiary/aromatic N) is 2. The number of carbonyl (C=O) groups is 1. The van der Waals surface area contributed by atoms with Crippen LogP contribution in [0.1, 0.15) is 46.2 Å². The molecule has 0 aliphatic carbocycles. The van der Waals surface area contributed by atoms with Gasteiger partial charge in [-0.2, -0.15) is 0 Å². The lowest BCUT2D eigenvalue weighted by atomic mass is 9.74. The van der Waals surface area contributed by atoms with Gasteiger partial charge in [-0.25, -0.2) is 4.79 Å². The third-order valence-corrected chi connectivity index (χ3v) is 8.14. The predicted molar refractivity (Wildman–Crippen MR) is 146 cm³/mol. The van der Waals surface area contributed by atoms with Gasteiger partial charge in [-0.1, -0.05) is 64.7 Å². The van der Waals surface area contributed by atoms with E-state index >= 15 is 0 Å². The maximum absolute atomic E-state index is 13.5. The maximum Gasteiger partial charge on any atom is 0.326 e. The zero-order valence-electron chi connectivity index (χ0n) is 21.1. The molecule has 3 aromatic rings. The van der Waals surface area contributed by atoms with Crippen LogP contribution < -0.4 is 10.2 Å². The Morgan fingerprint density at radius 1 is 0.943 bits per heavy atom. The minimum atomic E-state index is -0.0880.